The molecule has 27 heavy (non-hydrogen) atoms. The largest absolute Gasteiger partial charge is 0.493 e. The Hall–Kier alpha value is -2.91. The van der Waals surface area contributed by atoms with E-state index in [0.717, 1.165) is 28.1 Å². The number of rotatable bonds is 7. The number of methoxy groups -OCH3 is 2. The second kappa shape index (κ2) is 9.15. The highest BCUT2D eigenvalue weighted by atomic mass is 35.5. The lowest BCUT2D eigenvalue weighted by Gasteiger charge is -2.18. The van der Waals surface area contributed by atoms with Gasteiger partial charge in [0.05, 0.1) is 25.8 Å². The number of hydrogen-bond acceptors (Lipinski definition) is 3. The Morgan fingerprint density at radius 2 is 1.41 bits per heavy atom. The van der Waals surface area contributed by atoms with Crippen molar-refractivity contribution in [2.45, 2.75) is 0 Å². The molecule has 0 atom stereocenters. The molecule has 0 amide bonds. The van der Waals surface area contributed by atoms with Crippen LogP contribution in [0.4, 0.5) is 5.69 Å². The van der Waals surface area contributed by atoms with Crippen molar-refractivity contribution in [3.63, 3.8) is 0 Å². The first-order valence-corrected chi connectivity index (χ1v) is 9.19. The number of benzene rings is 3. The molecule has 0 aromatic heterocycles. The van der Waals surface area contributed by atoms with Gasteiger partial charge in [-0.3, -0.25) is 0 Å². The SMILES string of the molecule is COc1ccc(/C(Nc2ccccc2)=C(/CCl)c2ccccc2)cc1OC. The number of para-hydroxylation sites is 1. The molecule has 0 radical (unpaired) electrons. The van der Waals surface area contributed by atoms with E-state index in [-0.39, 0.29) is 0 Å². The quantitative estimate of drug-likeness (QED) is 0.408. The topological polar surface area (TPSA) is 30.5 Å². The van der Waals surface area contributed by atoms with E-state index >= 15 is 0 Å². The molecule has 0 fully saturated rings. The molecular weight excluding hydrogens is 358 g/mol. The second-order valence-electron chi connectivity index (χ2n) is 5.91. The number of hydrogen-bond donors (Lipinski definition) is 1. The fourth-order valence-corrected chi connectivity index (χ4v) is 3.19. The smallest absolute Gasteiger partial charge is 0.161 e. The summed E-state index contributed by atoms with van der Waals surface area (Å²) in [5.41, 5.74) is 4.97. The van der Waals surface area contributed by atoms with Crippen molar-refractivity contribution in [3.8, 4) is 11.5 Å². The summed E-state index contributed by atoms with van der Waals surface area (Å²) in [6.07, 6.45) is 0. The molecule has 3 aromatic carbocycles. The summed E-state index contributed by atoms with van der Waals surface area (Å²) < 4.78 is 10.9. The summed E-state index contributed by atoms with van der Waals surface area (Å²) in [6, 6.07) is 26.0. The number of anilines is 1. The molecule has 0 saturated carbocycles. The zero-order valence-corrected chi connectivity index (χ0v) is 16.2. The van der Waals surface area contributed by atoms with Crippen molar-refractivity contribution in [2.75, 3.05) is 25.4 Å². The Kier molecular flexibility index (Phi) is 6.39. The Balaban J connectivity index is 2.17. The maximum atomic E-state index is 6.39. The van der Waals surface area contributed by atoms with Crippen molar-refractivity contribution in [1.29, 1.82) is 0 Å². The number of alkyl halides is 1. The molecule has 3 nitrogen and oxygen atoms in total. The fraction of sp³-hybridized carbons (Fsp3) is 0.130. The molecule has 4 heteroatoms. The average Bonchev–Trinajstić information content (AvgIpc) is 2.74. The van der Waals surface area contributed by atoms with Crippen LogP contribution >= 0.6 is 11.6 Å². The molecule has 3 aromatic rings. The van der Waals surface area contributed by atoms with Crippen molar-refractivity contribution in [1.82, 2.24) is 0 Å². The van der Waals surface area contributed by atoms with Crippen LogP contribution in [0.1, 0.15) is 11.1 Å². The summed E-state index contributed by atoms with van der Waals surface area (Å²) >= 11 is 6.39. The van der Waals surface area contributed by atoms with E-state index in [9.17, 15) is 0 Å². The third kappa shape index (κ3) is 4.44. The zero-order chi connectivity index (χ0) is 19.1. The van der Waals surface area contributed by atoms with Crippen LogP contribution in [0.15, 0.2) is 78.9 Å². The van der Waals surface area contributed by atoms with Gasteiger partial charge in [0, 0.05) is 11.3 Å². The van der Waals surface area contributed by atoms with Crippen molar-refractivity contribution in [3.05, 3.63) is 90.0 Å². The predicted molar refractivity (Wildman–Crippen MR) is 114 cm³/mol. The van der Waals surface area contributed by atoms with Gasteiger partial charge in [-0.2, -0.15) is 0 Å². The van der Waals surface area contributed by atoms with Gasteiger partial charge in [-0.05, 0) is 41.5 Å². The number of halogens is 1. The van der Waals surface area contributed by atoms with Gasteiger partial charge in [-0.25, -0.2) is 0 Å². The Labute approximate surface area is 165 Å². The molecule has 3 rings (SSSR count). The maximum absolute atomic E-state index is 6.39. The first-order chi connectivity index (χ1) is 13.3. The van der Waals surface area contributed by atoms with Crippen molar-refractivity contribution < 1.29 is 9.47 Å². The van der Waals surface area contributed by atoms with E-state index in [1.807, 2.05) is 66.7 Å². The van der Waals surface area contributed by atoms with E-state index in [1.54, 1.807) is 14.2 Å². The second-order valence-corrected chi connectivity index (χ2v) is 6.18. The van der Waals surface area contributed by atoms with Crippen LogP contribution in [-0.2, 0) is 0 Å². The molecule has 138 valence electrons. The molecular formula is C23H22ClNO2. The summed E-state index contributed by atoms with van der Waals surface area (Å²) in [4.78, 5) is 0. The van der Waals surface area contributed by atoms with Crippen LogP contribution in [0.3, 0.4) is 0 Å². The number of allylic oxidation sites excluding steroid dienone is 1. The van der Waals surface area contributed by atoms with Gasteiger partial charge in [0.2, 0.25) is 0 Å². The molecule has 0 aliphatic carbocycles. The van der Waals surface area contributed by atoms with Crippen LogP contribution in [0.5, 0.6) is 11.5 Å². The number of nitrogens with one attached hydrogen (secondary N) is 1. The Morgan fingerprint density at radius 3 is 2.00 bits per heavy atom. The number of ether oxygens (including phenoxy) is 2. The summed E-state index contributed by atoms with van der Waals surface area (Å²) in [7, 11) is 3.26. The highest BCUT2D eigenvalue weighted by molar-refractivity contribution is 6.25. The molecule has 0 heterocycles. The van der Waals surface area contributed by atoms with Gasteiger partial charge in [-0.1, -0.05) is 48.5 Å². The fourth-order valence-electron chi connectivity index (χ4n) is 2.91. The molecule has 0 saturated heterocycles. The van der Waals surface area contributed by atoms with E-state index in [1.165, 1.54) is 0 Å². The molecule has 0 unspecified atom stereocenters. The van der Waals surface area contributed by atoms with Gasteiger partial charge in [0.15, 0.2) is 11.5 Å². The molecule has 0 spiro atoms. The van der Waals surface area contributed by atoms with Crippen LogP contribution in [0.25, 0.3) is 11.3 Å². The van der Waals surface area contributed by atoms with E-state index < -0.39 is 0 Å². The molecule has 0 aliphatic heterocycles. The monoisotopic (exact) mass is 379 g/mol. The summed E-state index contributed by atoms with van der Waals surface area (Å²) in [5, 5.41) is 3.53. The highest BCUT2D eigenvalue weighted by Gasteiger charge is 2.14. The highest BCUT2D eigenvalue weighted by Crippen LogP contribution is 2.34. The molecule has 0 bridgehead atoms. The normalized spacial score (nSPS) is 11.5. The minimum atomic E-state index is 0.369. The first-order valence-electron chi connectivity index (χ1n) is 8.65. The van der Waals surface area contributed by atoms with Gasteiger partial charge in [-0.15, -0.1) is 11.6 Å². The third-order valence-electron chi connectivity index (χ3n) is 4.27. The standard InChI is InChI=1S/C23H22ClNO2/c1-26-21-14-13-18(15-22(21)27-2)23(25-19-11-7-4-8-12-19)20(16-24)17-9-5-3-6-10-17/h3-15,25H,16H2,1-2H3/b23-20+. The van der Waals surface area contributed by atoms with E-state index in [2.05, 4.69) is 17.4 Å². The Bertz CT molecular complexity index is 908. The van der Waals surface area contributed by atoms with Crippen LogP contribution < -0.4 is 14.8 Å². The van der Waals surface area contributed by atoms with Gasteiger partial charge in [0.1, 0.15) is 0 Å². The van der Waals surface area contributed by atoms with Crippen LogP contribution in [0, 0.1) is 0 Å². The average molecular weight is 380 g/mol. The minimum absolute atomic E-state index is 0.369. The zero-order valence-electron chi connectivity index (χ0n) is 15.4. The lowest BCUT2D eigenvalue weighted by molar-refractivity contribution is 0.355. The third-order valence-corrected chi connectivity index (χ3v) is 4.54. The lowest BCUT2D eigenvalue weighted by Crippen LogP contribution is -2.05. The van der Waals surface area contributed by atoms with E-state index in [0.29, 0.717) is 17.4 Å². The van der Waals surface area contributed by atoms with Crippen molar-refractivity contribution in [2.24, 2.45) is 0 Å². The van der Waals surface area contributed by atoms with Crippen molar-refractivity contribution >= 4 is 28.6 Å². The summed E-state index contributed by atoms with van der Waals surface area (Å²) in [6.45, 7) is 0. The maximum Gasteiger partial charge on any atom is 0.161 e. The van der Waals surface area contributed by atoms with Crippen LogP contribution in [0.2, 0.25) is 0 Å². The summed E-state index contributed by atoms with van der Waals surface area (Å²) in [5.74, 6) is 1.73. The lowest BCUT2D eigenvalue weighted by atomic mass is 10.00. The van der Waals surface area contributed by atoms with E-state index in [4.69, 9.17) is 21.1 Å². The predicted octanol–water partition coefficient (Wildman–Crippen LogP) is 5.92. The van der Waals surface area contributed by atoms with Gasteiger partial charge in [0.25, 0.3) is 0 Å². The van der Waals surface area contributed by atoms with Gasteiger partial charge >= 0.3 is 0 Å². The molecule has 1 N–H and O–H groups in total. The van der Waals surface area contributed by atoms with Gasteiger partial charge < -0.3 is 14.8 Å². The molecule has 0 aliphatic rings. The Morgan fingerprint density at radius 1 is 0.778 bits per heavy atom. The van der Waals surface area contributed by atoms with Crippen LogP contribution in [-0.4, -0.2) is 20.1 Å². The minimum Gasteiger partial charge on any atom is -0.493 e. The first kappa shape index (κ1) is 18.9.